The van der Waals surface area contributed by atoms with Gasteiger partial charge in [-0.1, -0.05) is 50.5 Å². The monoisotopic (exact) mass is 293 g/mol. The number of nitrogens with zero attached hydrogens (tertiary/aromatic N) is 1. The Hall–Kier alpha value is -1.76. The van der Waals surface area contributed by atoms with Gasteiger partial charge in [-0.05, 0) is 49.9 Å². The molecule has 1 aromatic heterocycles. The molecule has 0 aliphatic heterocycles. The lowest BCUT2D eigenvalue weighted by atomic mass is 9.98. The van der Waals surface area contributed by atoms with Crippen LogP contribution in [0.1, 0.15) is 50.7 Å². The predicted octanol–water partition coefficient (Wildman–Crippen LogP) is 6.25. The van der Waals surface area contributed by atoms with E-state index in [1.54, 1.807) is 0 Å². The second kappa shape index (κ2) is 6.56. The quantitative estimate of drug-likeness (QED) is 0.474. The van der Waals surface area contributed by atoms with Crippen LogP contribution in [0.25, 0.3) is 21.8 Å². The van der Waals surface area contributed by atoms with E-state index in [-0.39, 0.29) is 0 Å². The summed E-state index contributed by atoms with van der Waals surface area (Å²) in [6.45, 7) is 7.78. The van der Waals surface area contributed by atoms with Crippen LogP contribution in [0.2, 0.25) is 0 Å². The number of hydrogen-bond acceptors (Lipinski definition) is 0. The summed E-state index contributed by atoms with van der Waals surface area (Å²) in [6.07, 6.45) is 6.51. The number of rotatable bonds is 6. The van der Waals surface area contributed by atoms with E-state index in [2.05, 4.69) is 61.7 Å². The van der Waals surface area contributed by atoms with Gasteiger partial charge in [0.2, 0.25) is 0 Å². The van der Waals surface area contributed by atoms with Crippen molar-refractivity contribution in [2.45, 2.75) is 59.4 Å². The molecule has 0 aliphatic rings. The molecule has 0 saturated carbocycles. The van der Waals surface area contributed by atoms with Crippen LogP contribution in [-0.2, 0) is 13.0 Å². The molecular weight excluding hydrogens is 266 g/mol. The molecule has 0 fully saturated rings. The number of benzene rings is 2. The zero-order valence-electron chi connectivity index (χ0n) is 14.2. The van der Waals surface area contributed by atoms with E-state index in [9.17, 15) is 0 Å². The average molecular weight is 293 g/mol. The van der Waals surface area contributed by atoms with Crippen LogP contribution in [0.15, 0.2) is 36.4 Å². The first-order valence-corrected chi connectivity index (χ1v) is 8.76. The summed E-state index contributed by atoms with van der Waals surface area (Å²) < 4.78 is 2.47. The highest BCUT2D eigenvalue weighted by atomic mass is 15.0. The highest BCUT2D eigenvalue weighted by Gasteiger charge is 2.13. The van der Waals surface area contributed by atoms with Crippen LogP contribution in [0, 0.1) is 6.92 Å². The fraction of sp³-hybridized carbons (Fsp3) is 0.429. The van der Waals surface area contributed by atoms with Gasteiger partial charge < -0.3 is 4.57 Å². The van der Waals surface area contributed by atoms with Crippen LogP contribution in [0.4, 0.5) is 0 Å². The van der Waals surface area contributed by atoms with Crippen LogP contribution in [-0.4, -0.2) is 4.57 Å². The van der Waals surface area contributed by atoms with Gasteiger partial charge in [0.25, 0.3) is 0 Å². The Morgan fingerprint density at radius 1 is 0.909 bits per heavy atom. The molecule has 1 heterocycles. The number of fused-ring (bicyclic) bond motifs is 3. The summed E-state index contributed by atoms with van der Waals surface area (Å²) in [6, 6.07) is 13.6. The standard InChI is InChI=1S/C21H27N/c1-4-6-7-8-11-17-14-16(3)15-20-21(17)18-12-9-10-13-19(18)22(20)5-2/h9-10,12-15H,4-8,11H2,1-3H3. The molecule has 1 heteroatoms. The molecule has 0 atom stereocenters. The lowest BCUT2D eigenvalue weighted by molar-refractivity contribution is 0.668. The second-order valence-electron chi connectivity index (χ2n) is 6.39. The van der Waals surface area contributed by atoms with Crippen molar-refractivity contribution in [3.05, 3.63) is 47.5 Å². The average Bonchev–Trinajstić information content (AvgIpc) is 2.84. The first-order chi connectivity index (χ1) is 10.8. The summed E-state index contributed by atoms with van der Waals surface area (Å²) in [4.78, 5) is 0. The third-order valence-electron chi connectivity index (χ3n) is 4.71. The maximum atomic E-state index is 2.47. The van der Waals surface area contributed by atoms with Crippen molar-refractivity contribution >= 4 is 21.8 Å². The Bertz CT molecular complexity index is 779. The zero-order valence-corrected chi connectivity index (χ0v) is 14.2. The molecule has 0 radical (unpaired) electrons. The summed E-state index contributed by atoms with van der Waals surface area (Å²) in [7, 11) is 0. The Kier molecular flexibility index (Phi) is 4.52. The minimum absolute atomic E-state index is 1.03. The van der Waals surface area contributed by atoms with E-state index < -0.39 is 0 Å². The Morgan fingerprint density at radius 3 is 2.50 bits per heavy atom. The molecule has 0 N–H and O–H groups in total. The zero-order chi connectivity index (χ0) is 15.5. The highest BCUT2D eigenvalue weighted by molar-refractivity contribution is 6.10. The minimum atomic E-state index is 1.03. The molecule has 0 aliphatic carbocycles. The normalized spacial score (nSPS) is 11.6. The topological polar surface area (TPSA) is 4.93 Å². The van der Waals surface area contributed by atoms with E-state index >= 15 is 0 Å². The number of aromatic nitrogens is 1. The highest BCUT2D eigenvalue weighted by Crippen LogP contribution is 2.33. The van der Waals surface area contributed by atoms with Crippen molar-refractivity contribution < 1.29 is 0 Å². The van der Waals surface area contributed by atoms with Crippen molar-refractivity contribution in [2.75, 3.05) is 0 Å². The van der Waals surface area contributed by atoms with Gasteiger partial charge in [0.05, 0.1) is 0 Å². The van der Waals surface area contributed by atoms with Gasteiger partial charge in [-0.25, -0.2) is 0 Å². The lowest BCUT2D eigenvalue weighted by Gasteiger charge is -2.08. The van der Waals surface area contributed by atoms with Gasteiger partial charge in [0.1, 0.15) is 0 Å². The first kappa shape index (κ1) is 15.1. The van der Waals surface area contributed by atoms with Crippen molar-refractivity contribution in [3.8, 4) is 0 Å². The molecule has 2 aromatic carbocycles. The molecule has 0 unspecified atom stereocenters. The Labute approximate surface area is 133 Å². The summed E-state index contributed by atoms with van der Waals surface area (Å²) in [5, 5.41) is 2.91. The molecule has 0 amide bonds. The number of hydrogen-bond donors (Lipinski definition) is 0. The molecule has 22 heavy (non-hydrogen) atoms. The molecule has 3 rings (SSSR count). The fourth-order valence-corrected chi connectivity index (χ4v) is 3.70. The van der Waals surface area contributed by atoms with Crippen molar-refractivity contribution in [3.63, 3.8) is 0 Å². The van der Waals surface area contributed by atoms with Crippen molar-refractivity contribution in [1.82, 2.24) is 4.57 Å². The third-order valence-corrected chi connectivity index (χ3v) is 4.71. The maximum absolute atomic E-state index is 2.47. The maximum Gasteiger partial charge on any atom is 0.0496 e. The fourth-order valence-electron chi connectivity index (χ4n) is 3.70. The molecule has 3 aromatic rings. The Balaban J connectivity index is 2.15. The second-order valence-corrected chi connectivity index (χ2v) is 6.39. The molecule has 0 spiro atoms. The molecular formula is C21H27N. The smallest absolute Gasteiger partial charge is 0.0496 e. The number of para-hydroxylation sites is 1. The van der Waals surface area contributed by atoms with E-state index in [1.165, 1.54) is 65.0 Å². The SMILES string of the molecule is CCCCCCc1cc(C)cc2c1c1ccccc1n2CC. The summed E-state index contributed by atoms with van der Waals surface area (Å²) in [5.41, 5.74) is 5.71. The van der Waals surface area contributed by atoms with Crippen LogP contribution in [0.3, 0.4) is 0 Å². The van der Waals surface area contributed by atoms with E-state index in [4.69, 9.17) is 0 Å². The van der Waals surface area contributed by atoms with Gasteiger partial charge >= 0.3 is 0 Å². The van der Waals surface area contributed by atoms with E-state index in [1.807, 2.05) is 0 Å². The predicted molar refractivity (Wildman–Crippen MR) is 97.7 cm³/mol. The number of aryl methyl sites for hydroxylation is 3. The van der Waals surface area contributed by atoms with Gasteiger partial charge in [-0.2, -0.15) is 0 Å². The van der Waals surface area contributed by atoms with E-state index in [0.29, 0.717) is 0 Å². The molecule has 0 bridgehead atoms. The van der Waals surface area contributed by atoms with Gasteiger partial charge in [0, 0.05) is 28.4 Å². The molecule has 1 nitrogen and oxygen atoms in total. The lowest BCUT2D eigenvalue weighted by Crippen LogP contribution is -1.94. The van der Waals surface area contributed by atoms with Crippen LogP contribution in [0.5, 0.6) is 0 Å². The minimum Gasteiger partial charge on any atom is -0.341 e. The summed E-state index contributed by atoms with van der Waals surface area (Å²) in [5.74, 6) is 0. The van der Waals surface area contributed by atoms with Crippen molar-refractivity contribution in [1.29, 1.82) is 0 Å². The van der Waals surface area contributed by atoms with E-state index in [0.717, 1.165) is 6.54 Å². The van der Waals surface area contributed by atoms with Gasteiger partial charge in [-0.3, -0.25) is 0 Å². The number of unbranched alkanes of at least 4 members (excludes halogenated alkanes) is 3. The van der Waals surface area contributed by atoms with Crippen LogP contribution < -0.4 is 0 Å². The molecule has 116 valence electrons. The molecule has 0 saturated heterocycles. The van der Waals surface area contributed by atoms with Crippen LogP contribution >= 0.6 is 0 Å². The first-order valence-electron chi connectivity index (χ1n) is 8.76. The van der Waals surface area contributed by atoms with Crippen molar-refractivity contribution in [2.24, 2.45) is 0 Å². The third kappa shape index (κ3) is 2.65. The van der Waals surface area contributed by atoms with Gasteiger partial charge in [0.15, 0.2) is 0 Å². The Morgan fingerprint density at radius 2 is 1.73 bits per heavy atom. The largest absolute Gasteiger partial charge is 0.341 e. The summed E-state index contributed by atoms with van der Waals surface area (Å²) >= 11 is 0. The van der Waals surface area contributed by atoms with Gasteiger partial charge in [-0.15, -0.1) is 0 Å².